The summed E-state index contributed by atoms with van der Waals surface area (Å²) in [6.07, 6.45) is -2.52. The highest BCUT2D eigenvalue weighted by Gasteiger charge is 2.38. The van der Waals surface area contributed by atoms with E-state index in [2.05, 4.69) is 43.8 Å². The number of hydrogen-bond acceptors (Lipinski definition) is 4. The van der Waals surface area contributed by atoms with Gasteiger partial charge < -0.3 is 15.2 Å². The molecular formula is C26H30F3NO3S. The third-order valence-corrected chi connectivity index (χ3v) is 8.11. The van der Waals surface area contributed by atoms with Crippen LogP contribution in [0.25, 0.3) is 11.1 Å². The van der Waals surface area contributed by atoms with E-state index in [1.807, 2.05) is 13.0 Å². The molecule has 0 radical (unpaired) electrons. The van der Waals surface area contributed by atoms with E-state index in [4.69, 9.17) is 0 Å². The van der Waals surface area contributed by atoms with E-state index in [1.165, 1.54) is 11.6 Å². The fraction of sp³-hybridized carbons (Fsp3) is 0.500. The van der Waals surface area contributed by atoms with Crippen molar-refractivity contribution >= 4 is 17.7 Å². The topological polar surface area (TPSA) is 58.6 Å². The minimum absolute atomic E-state index is 0.0187. The van der Waals surface area contributed by atoms with Gasteiger partial charge in [-0.15, -0.1) is 13.2 Å². The molecule has 1 heterocycles. The highest BCUT2D eigenvalue weighted by Crippen LogP contribution is 2.48. The van der Waals surface area contributed by atoms with Gasteiger partial charge in [-0.2, -0.15) is 0 Å². The van der Waals surface area contributed by atoms with Crippen LogP contribution in [0.1, 0.15) is 62.8 Å². The maximum Gasteiger partial charge on any atom is 0.573 e. The van der Waals surface area contributed by atoms with Crippen molar-refractivity contribution in [1.29, 1.82) is 0 Å². The number of carbonyl (C=O) groups is 1. The monoisotopic (exact) mass is 493 g/mol. The third-order valence-electron chi connectivity index (χ3n) is 7.03. The summed E-state index contributed by atoms with van der Waals surface area (Å²) < 4.78 is 44.2. The molecule has 1 fully saturated rings. The first-order valence-corrected chi connectivity index (χ1v) is 12.3. The molecule has 4 nitrogen and oxygen atoms in total. The van der Waals surface area contributed by atoms with Gasteiger partial charge in [-0.25, -0.2) is 0 Å². The summed E-state index contributed by atoms with van der Waals surface area (Å²) in [6, 6.07) is 8.67. The lowest BCUT2D eigenvalue weighted by Gasteiger charge is -2.42. The number of fused-ring (bicyclic) bond motifs is 1. The highest BCUT2D eigenvalue weighted by atomic mass is 32.2. The number of nitrogens with one attached hydrogen (secondary N) is 1. The molecular weight excluding hydrogens is 463 g/mol. The minimum atomic E-state index is -4.83. The molecule has 2 aromatic carbocycles. The number of alkyl halides is 3. The minimum Gasteiger partial charge on any atom is -0.405 e. The maximum absolute atomic E-state index is 13.3. The molecule has 8 heteroatoms. The molecule has 2 aromatic rings. The Balaban J connectivity index is 1.84. The quantitative estimate of drug-likeness (QED) is 0.552. The van der Waals surface area contributed by atoms with Gasteiger partial charge in [0.15, 0.2) is 5.56 Å². The molecule has 2 N–H and O–H groups in total. The molecule has 0 bridgehead atoms. The first-order chi connectivity index (χ1) is 15.7. The Hall–Kier alpha value is -2.19. The number of rotatable bonds is 4. The summed E-state index contributed by atoms with van der Waals surface area (Å²) in [5.41, 5.74) is 3.87. The lowest BCUT2D eigenvalue weighted by molar-refractivity contribution is -0.274. The summed E-state index contributed by atoms with van der Waals surface area (Å²) >= 11 is 1.09. The predicted molar refractivity (Wildman–Crippen MR) is 128 cm³/mol. The summed E-state index contributed by atoms with van der Waals surface area (Å²) in [6.45, 7) is 10.7. The van der Waals surface area contributed by atoms with Crippen molar-refractivity contribution in [2.75, 3.05) is 0 Å². The van der Waals surface area contributed by atoms with E-state index < -0.39 is 17.2 Å². The Morgan fingerprint density at radius 2 is 1.68 bits per heavy atom. The SMILES string of the molecule is Cc1cc2c(cc1-c1cc(CC3SC(O)NC3=O)ccc1OC(F)(F)F)C(C)(C)CCC2(C)C. The first kappa shape index (κ1) is 24.9. The zero-order valence-corrected chi connectivity index (χ0v) is 20.8. The smallest absolute Gasteiger partial charge is 0.405 e. The summed E-state index contributed by atoms with van der Waals surface area (Å²) in [4.78, 5) is 12.1. The Bertz CT molecular complexity index is 1130. The van der Waals surface area contributed by atoms with Crippen molar-refractivity contribution in [2.24, 2.45) is 0 Å². The number of aliphatic hydroxyl groups excluding tert-OH is 1. The largest absolute Gasteiger partial charge is 0.573 e. The van der Waals surface area contributed by atoms with Crippen LogP contribution in [0.4, 0.5) is 13.2 Å². The van der Waals surface area contributed by atoms with Crippen molar-refractivity contribution in [3.63, 3.8) is 0 Å². The molecule has 4 rings (SSSR count). The number of halogens is 3. The van der Waals surface area contributed by atoms with Gasteiger partial charge in [-0.1, -0.05) is 51.6 Å². The molecule has 2 aliphatic rings. The van der Waals surface area contributed by atoms with E-state index >= 15 is 0 Å². The predicted octanol–water partition coefficient (Wildman–Crippen LogP) is 5.96. The average molecular weight is 494 g/mol. The average Bonchev–Trinajstić information content (AvgIpc) is 3.02. The van der Waals surface area contributed by atoms with Gasteiger partial charge in [0, 0.05) is 5.56 Å². The molecule has 1 aliphatic heterocycles. The van der Waals surface area contributed by atoms with Crippen LogP contribution >= 0.6 is 11.8 Å². The highest BCUT2D eigenvalue weighted by molar-refractivity contribution is 8.01. The molecule has 1 aliphatic carbocycles. The van der Waals surface area contributed by atoms with Crippen LogP contribution < -0.4 is 10.1 Å². The second kappa shape index (κ2) is 8.48. The second-order valence-electron chi connectivity index (χ2n) is 10.5. The first-order valence-electron chi connectivity index (χ1n) is 11.3. The van der Waals surface area contributed by atoms with Crippen molar-refractivity contribution in [1.82, 2.24) is 5.32 Å². The molecule has 1 amide bonds. The van der Waals surface area contributed by atoms with E-state index in [1.54, 1.807) is 12.1 Å². The molecule has 1 saturated heterocycles. The van der Waals surface area contributed by atoms with Crippen LogP contribution in [-0.4, -0.2) is 28.2 Å². The lowest BCUT2D eigenvalue weighted by atomic mass is 9.62. The summed E-state index contributed by atoms with van der Waals surface area (Å²) in [5.74, 6) is -0.556. The van der Waals surface area contributed by atoms with E-state index in [0.717, 1.165) is 35.7 Å². The fourth-order valence-corrected chi connectivity index (χ4v) is 5.94. The van der Waals surface area contributed by atoms with Crippen LogP contribution in [-0.2, 0) is 22.0 Å². The maximum atomic E-state index is 13.3. The number of aliphatic hydroxyl groups is 1. The number of benzene rings is 2. The number of aryl methyl sites for hydroxylation is 1. The molecule has 0 aromatic heterocycles. The van der Waals surface area contributed by atoms with E-state index in [-0.39, 0.29) is 28.9 Å². The third kappa shape index (κ3) is 4.93. The van der Waals surface area contributed by atoms with Crippen LogP contribution in [0.15, 0.2) is 30.3 Å². The Morgan fingerprint density at radius 1 is 1.06 bits per heavy atom. The number of amides is 1. The van der Waals surface area contributed by atoms with Gasteiger partial charge in [0.1, 0.15) is 5.75 Å². The zero-order chi connectivity index (χ0) is 25.1. The van der Waals surface area contributed by atoms with E-state index in [9.17, 15) is 23.1 Å². The zero-order valence-electron chi connectivity index (χ0n) is 20.0. The van der Waals surface area contributed by atoms with Crippen molar-refractivity contribution in [3.05, 3.63) is 52.6 Å². The fourth-order valence-electron chi connectivity index (χ4n) is 4.96. The second-order valence-corrected chi connectivity index (χ2v) is 11.8. The Morgan fingerprint density at radius 3 is 2.24 bits per heavy atom. The molecule has 0 saturated carbocycles. The van der Waals surface area contributed by atoms with E-state index in [0.29, 0.717) is 16.7 Å². The molecule has 2 atom stereocenters. The van der Waals surface area contributed by atoms with Crippen LogP contribution in [0, 0.1) is 6.92 Å². The number of hydrogen-bond donors (Lipinski definition) is 2. The van der Waals surface area contributed by atoms with Crippen LogP contribution in [0.5, 0.6) is 5.75 Å². The van der Waals surface area contributed by atoms with Gasteiger partial charge in [-0.05, 0) is 83.0 Å². The van der Waals surface area contributed by atoms with Crippen molar-refractivity contribution in [2.45, 2.75) is 81.9 Å². The van der Waals surface area contributed by atoms with Gasteiger partial charge >= 0.3 is 6.36 Å². The van der Waals surface area contributed by atoms with Gasteiger partial charge in [0.2, 0.25) is 5.91 Å². The standard InChI is InChI=1S/C26H30F3NO3S/c1-14-10-18-19(25(4,5)9-8-24(18,2)3)13-16(14)17-11-15(6-7-20(17)33-26(27,28)29)12-21-22(31)30-23(32)34-21/h6-7,10-11,13,21,23,32H,8-9,12H2,1-5H3,(H,30,31). The Kier molecular flexibility index (Phi) is 6.22. The van der Waals surface area contributed by atoms with Gasteiger partial charge in [-0.3, -0.25) is 4.79 Å². The van der Waals surface area contributed by atoms with Crippen molar-refractivity contribution < 1.29 is 27.8 Å². The molecule has 184 valence electrons. The number of carbonyl (C=O) groups excluding carboxylic acids is 1. The normalized spacial score (nSPS) is 23.4. The molecule has 34 heavy (non-hydrogen) atoms. The van der Waals surface area contributed by atoms with Crippen LogP contribution in [0.3, 0.4) is 0 Å². The number of ether oxygens (including phenoxy) is 1. The molecule has 2 unspecified atom stereocenters. The van der Waals surface area contributed by atoms with Gasteiger partial charge in [0.25, 0.3) is 0 Å². The number of thioether (sulfide) groups is 1. The molecule has 0 spiro atoms. The summed E-state index contributed by atoms with van der Waals surface area (Å²) in [7, 11) is 0. The van der Waals surface area contributed by atoms with Gasteiger partial charge in [0.05, 0.1) is 5.25 Å². The lowest BCUT2D eigenvalue weighted by Crippen LogP contribution is -2.34. The summed E-state index contributed by atoms with van der Waals surface area (Å²) in [5, 5.41) is 11.6. The van der Waals surface area contributed by atoms with Crippen molar-refractivity contribution in [3.8, 4) is 16.9 Å². The Labute approximate surface area is 202 Å². The van der Waals surface area contributed by atoms with Crippen LogP contribution in [0.2, 0.25) is 0 Å².